The summed E-state index contributed by atoms with van der Waals surface area (Å²) in [4.78, 5) is 24.2. The number of nitrogens with one attached hydrogen (secondary N) is 1. The summed E-state index contributed by atoms with van der Waals surface area (Å²) in [6, 6.07) is 13.7. The average Bonchev–Trinajstić information content (AvgIpc) is 2.55. The highest BCUT2D eigenvalue weighted by atomic mass is 32.2. The van der Waals surface area contributed by atoms with Gasteiger partial charge >= 0.3 is 12.0 Å². The molecular formula is C17H18N2O5S. The van der Waals surface area contributed by atoms with Crippen LogP contribution in [0.3, 0.4) is 0 Å². The van der Waals surface area contributed by atoms with Crippen molar-refractivity contribution in [3.05, 3.63) is 65.7 Å². The van der Waals surface area contributed by atoms with Gasteiger partial charge in [0, 0.05) is 6.54 Å². The van der Waals surface area contributed by atoms with Crippen molar-refractivity contribution in [1.29, 1.82) is 0 Å². The van der Waals surface area contributed by atoms with Crippen molar-refractivity contribution in [3.63, 3.8) is 0 Å². The summed E-state index contributed by atoms with van der Waals surface area (Å²) in [6.45, 7) is 1.16. The number of carboxylic acid groups (broad SMARTS) is 1. The number of urea groups is 1. The number of carbonyl (C=O) groups excluding carboxylic acids is 1. The van der Waals surface area contributed by atoms with Crippen molar-refractivity contribution in [2.24, 2.45) is 0 Å². The Balaban J connectivity index is 2.18. The lowest BCUT2D eigenvalue weighted by Crippen LogP contribution is -2.44. The van der Waals surface area contributed by atoms with E-state index in [0.717, 1.165) is 10.5 Å². The van der Waals surface area contributed by atoms with Crippen LogP contribution in [-0.4, -0.2) is 37.0 Å². The zero-order valence-corrected chi connectivity index (χ0v) is 14.4. The van der Waals surface area contributed by atoms with E-state index in [1.54, 1.807) is 42.5 Å². The second kappa shape index (κ2) is 7.80. The van der Waals surface area contributed by atoms with E-state index < -0.39 is 28.6 Å². The molecule has 0 aliphatic carbocycles. The molecular weight excluding hydrogens is 344 g/mol. The fourth-order valence-corrected chi connectivity index (χ4v) is 3.09. The third-order valence-corrected chi connectivity index (χ3v) is 4.72. The molecule has 0 aliphatic heterocycles. The van der Waals surface area contributed by atoms with Crippen molar-refractivity contribution in [2.45, 2.75) is 18.4 Å². The topological polar surface area (TPSA) is 104 Å². The van der Waals surface area contributed by atoms with E-state index in [9.17, 15) is 18.0 Å². The average molecular weight is 362 g/mol. The maximum Gasteiger partial charge on any atom is 0.332 e. The van der Waals surface area contributed by atoms with Gasteiger partial charge < -0.3 is 10.0 Å². The molecule has 0 saturated heterocycles. The Kier molecular flexibility index (Phi) is 5.76. The minimum absolute atomic E-state index is 0.0254. The predicted octanol–water partition coefficient (Wildman–Crippen LogP) is 1.98. The van der Waals surface area contributed by atoms with Crippen molar-refractivity contribution in [2.75, 3.05) is 6.54 Å². The number of amides is 2. The van der Waals surface area contributed by atoms with E-state index in [0.29, 0.717) is 5.56 Å². The molecule has 2 rings (SSSR count). The van der Waals surface area contributed by atoms with Crippen molar-refractivity contribution in [1.82, 2.24) is 9.62 Å². The van der Waals surface area contributed by atoms with E-state index in [2.05, 4.69) is 0 Å². The Hall–Kier alpha value is -2.87. The number of benzene rings is 2. The van der Waals surface area contributed by atoms with E-state index in [1.165, 1.54) is 12.1 Å². The molecule has 25 heavy (non-hydrogen) atoms. The molecule has 0 aromatic heterocycles. The zero-order chi connectivity index (χ0) is 18.4. The third-order valence-electron chi connectivity index (χ3n) is 3.38. The van der Waals surface area contributed by atoms with Gasteiger partial charge in [-0.25, -0.2) is 17.9 Å². The van der Waals surface area contributed by atoms with Gasteiger partial charge in [-0.05, 0) is 24.6 Å². The Bertz CT molecular complexity index is 848. The number of carboxylic acids is 1. The molecule has 0 aliphatic rings. The number of hydrogen-bond acceptors (Lipinski definition) is 4. The molecule has 8 heteroatoms. The van der Waals surface area contributed by atoms with Gasteiger partial charge in [-0.1, -0.05) is 48.0 Å². The Morgan fingerprint density at radius 1 is 1.04 bits per heavy atom. The summed E-state index contributed by atoms with van der Waals surface area (Å²) in [6.07, 6.45) is 0. The van der Waals surface area contributed by atoms with Crippen molar-refractivity contribution in [3.8, 4) is 0 Å². The highest BCUT2D eigenvalue weighted by Gasteiger charge is 2.23. The fraction of sp³-hybridized carbons (Fsp3) is 0.176. The van der Waals surface area contributed by atoms with Gasteiger partial charge in [-0.3, -0.25) is 4.79 Å². The summed E-state index contributed by atoms with van der Waals surface area (Å²) < 4.78 is 26.5. The van der Waals surface area contributed by atoms with Crippen LogP contribution < -0.4 is 4.72 Å². The maximum absolute atomic E-state index is 12.3. The lowest BCUT2D eigenvalue weighted by Gasteiger charge is -2.21. The van der Waals surface area contributed by atoms with Crippen LogP contribution in [0.5, 0.6) is 0 Å². The normalized spacial score (nSPS) is 10.9. The van der Waals surface area contributed by atoms with Crippen LogP contribution in [0.2, 0.25) is 0 Å². The number of nitrogens with zero attached hydrogens (tertiary/aromatic N) is 1. The molecule has 0 spiro atoms. The number of rotatable bonds is 6. The van der Waals surface area contributed by atoms with Crippen LogP contribution in [0.15, 0.2) is 59.5 Å². The molecule has 2 amide bonds. The highest BCUT2D eigenvalue weighted by molar-refractivity contribution is 7.90. The predicted molar refractivity (Wildman–Crippen MR) is 91.4 cm³/mol. The van der Waals surface area contributed by atoms with Crippen LogP contribution in [0.4, 0.5) is 4.79 Å². The summed E-state index contributed by atoms with van der Waals surface area (Å²) in [7, 11) is -4.08. The Morgan fingerprint density at radius 2 is 1.64 bits per heavy atom. The Labute approximate surface area is 146 Å². The van der Waals surface area contributed by atoms with E-state index >= 15 is 0 Å². The first-order valence-corrected chi connectivity index (χ1v) is 8.90. The van der Waals surface area contributed by atoms with Crippen molar-refractivity contribution < 1.29 is 23.1 Å². The van der Waals surface area contributed by atoms with Crippen molar-refractivity contribution >= 4 is 22.0 Å². The number of aliphatic carboxylic acids is 1. The molecule has 2 aromatic carbocycles. The zero-order valence-electron chi connectivity index (χ0n) is 13.5. The molecule has 7 nitrogen and oxygen atoms in total. The lowest BCUT2D eigenvalue weighted by atomic mass is 10.2. The quantitative estimate of drug-likeness (QED) is 0.818. The van der Waals surface area contributed by atoms with Crippen LogP contribution in [-0.2, 0) is 21.4 Å². The molecule has 0 saturated carbocycles. The standard InChI is InChI=1S/C17H18N2O5S/c1-13-7-9-15(10-8-13)25(23,24)18-17(22)19(12-16(20)21)11-14-5-3-2-4-6-14/h2-10H,11-12H2,1H3,(H,18,22)(H,20,21). The minimum Gasteiger partial charge on any atom is -0.480 e. The molecule has 2 N–H and O–H groups in total. The number of sulfonamides is 1. The molecule has 0 bridgehead atoms. The van der Waals surface area contributed by atoms with Gasteiger partial charge in [0.05, 0.1) is 4.90 Å². The van der Waals surface area contributed by atoms with Gasteiger partial charge in [0.1, 0.15) is 6.54 Å². The van der Waals surface area contributed by atoms with Crippen LogP contribution in [0.25, 0.3) is 0 Å². The first kappa shape index (κ1) is 18.5. The number of hydrogen-bond donors (Lipinski definition) is 2. The molecule has 0 unspecified atom stereocenters. The van der Waals surface area contributed by atoms with Crippen LogP contribution >= 0.6 is 0 Å². The Morgan fingerprint density at radius 3 is 2.20 bits per heavy atom. The largest absolute Gasteiger partial charge is 0.480 e. The summed E-state index contributed by atoms with van der Waals surface area (Å²) in [5, 5.41) is 8.99. The number of aryl methyl sites for hydroxylation is 1. The van der Waals surface area contributed by atoms with E-state index in [4.69, 9.17) is 5.11 Å². The lowest BCUT2D eigenvalue weighted by molar-refractivity contribution is -0.137. The molecule has 0 heterocycles. The van der Waals surface area contributed by atoms with Crippen LogP contribution in [0.1, 0.15) is 11.1 Å². The molecule has 0 radical (unpaired) electrons. The van der Waals surface area contributed by atoms with Gasteiger partial charge in [0.2, 0.25) is 0 Å². The summed E-state index contributed by atoms with van der Waals surface area (Å²) >= 11 is 0. The SMILES string of the molecule is Cc1ccc(S(=O)(=O)NC(=O)N(CC(=O)O)Cc2ccccc2)cc1. The monoisotopic (exact) mass is 362 g/mol. The van der Waals surface area contributed by atoms with E-state index in [-0.39, 0.29) is 11.4 Å². The summed E-state index contributed by atoms with van der Waals surface area (Å²) in [5.41, 5.74) is 1.56. The highest BCUT2D eigenvalue weighted by Crippen LogP contribution is 2.11. The van der Waals surface area contributed by atoms with Gasteiger partial charge in [0.25, 0.3) is 10.0 Å². The third kappa shape index (κ3) is 5.32. The molecule has 132 valence electrons. The molecule has 2 aromatic rings. The van der Waals surface area contributed by atoms with E-state index in [1.807, 2.05) is 11.6 Å². The first-order valence-electron chi connectivity index (χ1n) is 7.42. The maximum atomic E-state index is 12.3. The minimum atomic E-state index is -4.08. The summed E-state index contributed by atoms with van der Waals surface area (Å²) in [5.74, 6) is -1.24. The second-order valence-corrected chi connectivity index (χ2v) is 7.14. The van der Waals surface area contributed by atoms with Gasteiger partial charge in [-0.2, -0.15) is 0 Å². The second-order valence-electron chi connectivity index (χ2n) is 5.46. The van der Waals surface area contributed by atoms with Gasteiger partial charge in [-0.15, -0.1) is 0 Å². The van der Waals surface area contributed by atoms with Gasteiger partial charge in [0.15, 0.2) is 0 Å². The van der Waals surface area contributed by atoms with Crippen LogP contribution in [0, 0.1) is 6.92 Å². The molecule has 0 fully saturated rings. The first-order chi connectivity index (χ1) is 11.8. The number of carbonyl (C=O) groups is 2. The smallest absolute Gasteiger partial charge is 0.332 e. The fourth-order valence-electron chi connectivity index (χ4n) is 2.12. The molecule has 0 atom stereocenters.